The quantitative estimate of drug-likeness (QED) is 0.857. The van der Waals surface area contributed by atoms with Crippen molar-refractivity contribution in [2.24, 2.45) is 5.92 Å². The highest BCUT2D eigenvalue weighted by Crippen LogP contribution is 2.37. The zero-order valence-electron chi connectivity index (χ0n) is 11.6. The van der Waals surface area contributed by atoms with Crippen molar-refractivity contribution in [1.29, 1.82) is 0 Å². The van der Waals surface area contributed by atoms with Crippen LogP contribution in [-0.4, -0.2) is 18.6 Å². The first-order valence-electron chi connectivity index (χ1n) is 7.44. The molecule has 1 N–H and O–H groups in total. The van der Waals surface area contributed by atoms with Gasteiger partial charge in [-0.1, -0.05) is 18.6 Å². The molecule has 0 aromatic heterocycles. The van der Waals surface area contributed by atoms with Gasteiger partial charge in [0.1, 0.15) is 5.75 Å². The second-order valence-corrected chi connectivity index (χ2v) is 6.09. The molecule has 3 rings (SSSR count). The van der Waals surface area contributed by atoms with Crippen LogP contribution in [0, 0.1) is 5.92 Å². The van der Waals surface area contributed by atoms with Crippen LogP contribution < -0.4 is 10.1 Å². The first kappa shape index (κ1) is 13.8. The van der Waals surface area contributed by atoms with Gasteiger partial charge in [0.25, 0.3) is 5.92 Å². The minimum Gasteiger partial charge on any atom is -0.493 e. The summed E-state index contributed by atoms with van der Waals surface area (Å²) in [6, 6.07) is 7.88. The van der Waals surface area contributed by atoms with Crippen molar-refractivity contribution in [3.63, 3.8) is 0 Å². The Labute approximate surface area is 118 Å². The summed E-state index contributed by atoms with van der Waals surface area (Å²) in [6.45, 7) is 1.46. The fourth-order valence-electron chi connectivity index (χ4n) is 2.64. The van der Waals surface area contributed by atoms with Crippen molar-refractivity contribution in [3.05, 3.63) is 29.8 Å². The van der Waals surface area contributed by atoms with Crippen LogP contribution in [0.15, 0.2) is 24.3 Å². The molecule has 1 aromatic rings. The van der Waals surface area contributed by atoms with Crippen LogP contribution in [0.3, 0.4) is 0 Å². The average Bonchev–Trinajstić information content (AvgIpc) is 2.33. The lowest BCUT2D eigenvalue weighted by Gasteiger charge is -2.35. The van der Waals surface area contributed by atoms with Gasteiger partial charge in [-0.15, -0.1) is 0 Å². The van der Waals surface area contributed by atoms with Gasteiger partial charge in [-0.05, 0) is 36.5 Å². The SMILES string of the molecule is FC1(F)CC(NCc2ccc(OCC3CCC3)cc2)C1. The second kappa shape index (κ2) is 5.68. The molecule has 0 saturated heterocycles. The molecule has 20 heavy (non-hydrogen) atoms. The number of rotatable bonds is 6. The highest BCUT2D eigenvalue weighted by molar-refractivity contribution is 5.27. The summed E-state index contributed by atoms with van der Waals surface area (Å²) in [6.07, 6.45) is 3.84. The van der Waals surface area contributed by atoms with Crippen LogP contribution in [0.5, 0.6) is 5.75 Å². The van der Waals surface area contributed by atoms with E-state index in [4.69, 9.17) is 4.74 Å². The molecule has 1 aromatic carbocycles. The van der Waals surface area contributed by atoms with Gasteiger partial charge in [-0.3, -0.25) is 0 Å². The minimum absolute atomic E-state index is 0.0322. The highest BCUT2D eigenvalue weighted by atomic mass is 19.3. The van der Waals surface area contributed by atoms with Gasteiger partial charge in [-0.25, -0.2) is 8.78 Å². The molecule has 0 radical (unpaired) electrons. The molecular weight excluding hydrogens is 260 g/mol. The number of nitrogens with one attached hydrogen (secondary N) is 1. The van der Waals surface area contributed by atoms with Crippen LogP contribution in [0.1, 0.15) is 37.7 Å². The van der Waals surface area contributed by atoms with E-state index in [1.807, 2.05) is 24.3 Å². The van der Waals surface area contributed by atoms with Crippen molar-refractivity contribution in [1.82, 2.24) is 5.32 Å². The first-order valence-corrected chi connectivity index (χ1v) is 7.44. The molecule has 2 saturated carbocycles. The number of halogens is 2. The van der Waals surface area contributed by atoms with E-state index in [2.05, 4.69) is 5.32 Å². The van der Waals surface area contributed by atoms with E-state index < -0.39 is 5.92 Å². The first-order chi connectivity index (χ1) is 9.61. The molecule has 2 aliphatic carbocycles. The zero-order chi connectivity index (χ0) is 14.0. The molecule has 110 valence electrons. The molecule has 0 bridgehead atoms. The lowest BCUT2D eigenvalue weighted by molar-refractivity contribution is -0.0930. The molecule has 0 spiro atoms. The third kappa shape index (κ3) is 3.48. The fraction of sp³-hybridized carbons (Fsp3) is 0.625. The third-order valence-corrected chi connectivity index (χ3v) is 4.32. The van der Waals surface area contributed by atoms with Gasteiger partial charge in [0.05, 0.1) is 6.61 Å². The smallest absolute Gasteiger partial charge is 0.251 e. The van der Waals surface area contributed by atoms with Gasteiger partial charge >= 0.3 is 0 Å². The summed E-state index contributed by atoms with van der Waals surface area (Å²) >= 11 is 0. The Morgan fingerprint density at radius 3 is 2.40 bits per heavy atom. The van der Waals surface area contributed by atoms with Crippen LogP contribution in [0.25, 0.3) is 0 Å². The van der Waals surface area contributed by atoms with Crippen molar-refractivity contribution < 1.29 is 13.5 Å². The number of benzene rings is 1. The van der Waals surface area contributed by atoms with Crippen molar-refractivity contribution in [2.75, 3.05) is 6.61 Å². The predicted molar refractivity (Wildman–Crippen MR) is 74.1 cm³/mol. The van der Waals surface area contributed by atoms with Crippen molar-refractivity contribution >= 4 is 0 Å². The molecule has 0 unspecified atom stereocenters. The van der Waals surface area contributed by atoms with E-state index in [1.165, 1.54) is 19.3 Å². The normalized spacial score (nSPS) is 22.1. The van der Waals surface area contributed by atoms with E-state index in [9.17, 15) is 8.78 Å². The van der Waals surface area contributed by atoms with Crippen molar-refractivity contribution in [2.45, 2.75) is 50.6 Å². The van der Waals surface area contributed by atoms with E-state index in [1.54, 1.807) is 0 Å². The maximum absolute atomic E-state index is 12.7. The number of ether oxygens (including phenoxy) is 1. The Morgan fingerprint density at radius 1 is 1.15 bits per heavy atom. The molecule has 2 aliphatic rings. The lowest BCUT2D eigenvalue weighted by atomic mass is 9.86. The largest absolute Gasteiger partial charge is 0.493 e. The number of hydrogen-bond acceptors (Lipinski definition) is 2. The van der Waals surface area contributed by atoms with Crippen molar-refractivity contribution in [3.8, 4) is 5.75 Å². The standard InChI is InChI=1S/C16H21F2NO/c17-16(18)8-14(9-16)19-10-12-4-6-15(7-5-12)20-11-13-2-1-3-13/h4-7,13-14,19H,1-3,8-11H2. The zero-order valence-corrected chi connectivity index (χ0v) is 11.6. The summed E-state index contributed by atoms with van der Waals surface area (Å²) in [7, 11) is 0. The lowest BCUT2D eigenvalue weighted by Crippen LogP contribution is -2.48. The number of hydrogen-bond donors (Lipinski definition) is 1. The maximum atomic E-state index is 12.7. The van der Waals surface area contributed by atoms with E-state index >= 15 is 0 Å². The Kier molecular flexibility index (Phi) is 3.92. The van der Waals surface area contributed by atoms with Gasteiger partial charge in [0, 0.05) is 25.4 Å². The van der Waals surface area contributed by atoms with Crippen LogP contribution in [0.4, 0.5) is 8.78 Å². The molecule has 4 heteroatoms. The van der Waals surface area contributed by atoms with Gasteiger partial charge < -0.3 is 10.1 Å². The summed E-state index contributed by atoms with van der Waals surface area (Å²) in [5.74, 6) is -0.816. The molecular formula is C16H21F2NO. The number of alkyl halides is 2. The molecule has 0 aliphatic heterocycles. The topological polar surface area (TPSA) is 21.3 Å². The minimum atomic E-state index is -2.45. The molecule has 2 nitrogen and oxygen atoms in total. The van der Waals surface area contributed by atoms with Gasteiger partial charge in [0.2, 0.25) is 0 Å². The maximum Gasteiger partial charge on any atom is 0.251 e. The Balaban J connectivity index is 1.39. The third-order valence-electron chi connectivity index (χ3n) is 4.32. The van der Waals surface area contributed by atoms with Crippen LogP contribution >= 0.6 is 0 Å². The summed E-state index contributed by atoms with van der Waals surface area (Å²) in [5, 5.41) is 3.16. The summed E-state index contributed by atoms with van der Waals surface area (Å²) in [5.41, 5.74) is 1.11. The Hall–Kier alpha value is -1.16. The monoisotopic (exact) mass is 281 g/mol. The molecule has 0 heterocycles. The van der Waals surface area contributed by atoms with Crippen LogP contribution in [0.2, 0.25) is 0 Å². The summed E-state index contributed by atoms with van der Waals surface area (Å²) < 4.78 is 31.1. The fourth-order valence-corrected chi connectivity index (χ4v) is 2.64. The average molecular weight is 281 g/mol. The van der Waals surface area contributed by atoms with E-state index in [0.717, 1.165) is 23.8 Å². The molecule has 0 atom stereocenters. The summed E-state index contributed by atoms with van der Waals surface area (Å²) in [4.78, 5) is 0. The van der Waals surface area contributed by atoms with E-state index in [0.29, 0.717) is 6.54 Å². The van der Waals surface area contributed by atoms with Gasteiger partial charge in [0.15, 0.2) is 0 Å². The van der Waals surface area contributed by atoms with Gasteiger partial charge in [-0.2, -0.15) is 0 Å². The highest BCUT2D eigenvalue weighted by Gasteiger charge is 2.44. The predicted octanol–water partition coefficient (Wildman–Crippen LogP) is 3.75. The van der Waals surface area contributed by atoms with E-state index in [-0.39, 0.29) is 18.9 Å². The molecule has 0 amide bonds. The second-order valence-electron chi connectivity index (χ2n) is 6.09. The molecule has 2 fully saturated rings. The Morgan fingerprint density at radius 2 is 1.85 bits per heavy atom. The van der Waals surface area contributed by atoms with Crippen LogP contribution in [-0.2, 0) is 6.54 Å². The Bertz CT molecular complexity index is 434.